The normalized spacial score (nSPS) is 10.7. The summed E-state index contributed by atoms with van der Waals surface area (Å²) in [6.07, 6.45) is 1.08. The Hall–Kier alpha value is -1.000. The maximum Gasteiger partial charge on any atom is 0.219 e. The Bertz CT molecular complexity index is 620. The van der Waals surface area contributed by atoms with E-state index in [0.29, 0.717) is 33.2 Å². The topological polar surface area (TPSA) is 34.1 Å². The van der Waals surface area contributed by atoms with E-state index < -0.39 is 0 Å². The molecule has 0 aliphatic heterocycles. The van der Waals surface area contributed by atoms with Crippen LogP contribution in [0.25, 0.3) is 0 Å². The number of benzene rings is 1. The third kappa shape index (κ3) is 4.75. The number of aromatic nitrogens is 1. The molecule has 0 saturated carbocycles. The molecule has 0 fully saturated rings. The fraction of sp³-hybridized carbons (Fsp3) is 0.267. The van der Waals surface area contributed by atoms with Crippen molar-refractivity contribution in [3.8, 4) is 11.6 Å². The van der Waals surface area contributed by atoms with Crippen LogP contribution in [0.1, 0.15) is 19.0 Å². The molecule has 1 N–H and O–H groups in total. The molecule has 0 amide bonds. The average molecular weight is 346 g/mol. The lowest BCUT2D eigenvalue weighted by Crippen LogP contribution is -2.14. The van der Waals surface area contributed by atoms with Gasteiger partial charge in [-0.3, -0.25) is 0 Å². The number of nitrogens with one attached hydrogen (secondary N) is 1. The molecule has 1 aromatic heterocycles. The SMILES string of the molecule is CCCNCc1cccc(Oc2cc(Cl)c(Cl)cc2Cl)n1. The molecule has 0 aliphatic rings. The summed E-state index contributed by atoms with van der Waals surface area (Å²) in [5.41, 5.74) is 0.900. The summed E-state index contributed by atoms with van der Waals surface area (Å²) in [4.78, 5) is 4.41. The van der Waals surface area contributed by atoms with E-state index >= 15 is 0 Å². The van der Waals surface area contributed by atoms with Gasteiger partial charge in [0.1, 0.15) is 5.75 Å². The van der Waals surface area contributed by atoms with Crippen molar-refractivity contribution in [1.29, 1.82) is 0 Å². The fourth-order valence-electron chi connectivity index (χ4n) is 1.70. The lowest BCUT2D eigenvalue weighted by atomic mass is 10.3. The third-order valence-electron chi connectivity index (χ3n) is 2.70. The van der Waals surface area contributed by atoms with Crippen LogP contribution in [0.3, 0.4) is 0 Å². The van der Waals surface area contributed by atoms with Crippen molar-refractivity contribution < 1.29 is 4.74 Å². The Morgan fingerprint density at radius 3 is 2.62 bits per heavy atom. The summed E-state index contributed by atoms with van der Waals surface area (Å²) >= 11 is 17.9. The molecular weight excluding hydrogens is 331 g/mol. The number of ether oxygens (including phenoxy) is 1. The van der Waals surface area contributed by atoms with Crippen LogP contribution in [-0.2, 0) is 6.54 Å². The quantitative estimate of drug-likeness (QED) is 0.567. The van der Waals surface area contributed by atoms with Crippen molar-refractivity contribution in [2.24, 2.45) is 0 Å². The second kappa shape index (κ2) is 7.85. The average Bonchev–Trinajstić information content (AvgIpc) is 2.45. The zero-order valence-electron chi connectivity index (χ0n) is 11.5. The number of hydrogen-bond acceptors (Lipinski definition) is 3. The lowest BCUT2D eigenvalue weighted by molar-refractivity contribution is 0.460. The molecule has 0 aliphatic carbocycles. The first kappa shape index (κ1) is 16.4. The van der Waals surface area contributed by atoms with Crippen LogP contribution in [0, 0.1) is 0 Å². The highest BCUT2D eigenvalue weighted by atomic mass is 35.5. The summed E-state index contributed by atoms with van der Waals surface area (Å²) in [7, 11) is 0. The van der Waals surface area contributed by atoms with Gasteiger partial charge in [0.25, 0.3) is 0 Å². The van der Waals surface area contributed by atoms with Gasteiger partial charge in [0, 0.05) is 18.7 Å². The molecule has 6 heteroatoms. The molecule has 0 saturated heterocycles. The maximum absolute atomic E-state index is 6.09. The van der Waals surface area contributed by atoms with E-state index in [1.54, 1.807) is 18.2 Å². The van der Waals surface area contributed by atoms with Crippen molar-refractivity contribution in [3.05, 3.63) is 51.1 Å². The first-order chi connectivity index (χ1) is 10.1. The lowest BCUT2D eigenvalue weighted by Gasteiger charge is -2.09. The molecule has 21 heavy (non-hydrogen) atoms. The molecule has 0 spiro atoms. The van der Waals surface area contributed by atoms with Crippen LogP contribution >= 0.6 is 34.8 Å². The third-order valence-corrected chi connectivity index (χ3v) is 3.72. The van der Waals surface area contributed by atoms with E-state index in [1.165, 1.54) is 0 Å². The first-order valence-electron chi connectivity index (χ1n) is 6.59. The fourth-order valence-corrected chi connectivity index (χ4v) is 2.28. The molecule has 3 nitrogen and oxygen atoms in total. The summed E-state index contributed by atoms with van der Waals surface area (Å²) in [6, 6.07) is 8.72. The van der Waals surface area contributed by atoms with Gasteiger partial charge >= 0.3 is 0 Å². The number of hydrogen-bond donors (Lipinski definition) is 1. The van der Waals surface area contributed by atoms with Crippen LogP contribution in [0.2, 0.25) is 15.1 Å². The minimum Gasteiger partial charge on any atom is -0.437 e. The van der Waals surface area contributed by atoms with Crippen LogP contribution in [0.15, 0.2) is 30.3 Å². The van der Waals surface area contributed by atoms with Crippen molar-refractivity contribution in [1.82, 2.24) is 10.3 Å². The van der Waals surface area contributed by atoms with Gasteiger partial charge in [0.2, 0.25) is 5.88 Å². The zero-order chi connectivity index (χ0) is 15.2. The first-order valence-corrected chi connectivity index (χ1v) is 7.72. The summed E-state index contributed by atoms with van der Waals surface area (Å²) < 4.78 is 5.68. The molecule has 1 aromatic carbocycles. The largest absolute Gasteiger partial charge is 0.437 e. The zero-order valence-corrected chi connectivity index (χ0v) is 13.8. The van der Waals surface area contributed by atoms with Crippen LogP contribution in [-0.4, -0.2) is 11.5 Å². The van der Waals surface area contributed by atoms with E-state index in [0.717, 1.165) is 18.7 Å². The number of pyridine rings is 1. The highest BCUT2D eigenvalue weighted by Gasteiger charge is 2.09. The molecule has 2 aromatic rings. The van der Waals surface area contributed by atoms with Gasteiger partial charge in [0.05, 0.1) is 20.8 Å². The highest BCUT2D eigenvalue weighted by molar-refractivity contribution is 6.43. The number of rotatable bonds is 6. The van der Waals surface area contributed by atoms with Gasteiger partial charge in [0.15, 0.2) is 0 Å². The monoisotopic (exact) mass is 344 g/mol. The van der Waals surface area contributed by atoms with Gasteiger partial charge in [-0.2, -0.15) is 0 Å². The van der Waals surface area contributed by atoms with Crippen molar-refractivity contribution in [2.75, 3.05) is 6.54 Å². The minimum absolute atomic E-state index is 0.386. The van der Waals surface area contributed by atoms with Crippen molar-refractivity contribution in [3.63, 3.8) is 0 Å². The number of halogens is 3. The standard InChI is InChI=1S/C15H15Cl3N2O/c1-2-6-19-9-10-4-3-5-15(20-10)21-14-8-12(17)11(16)7-13(14)18/h3-5,7-8,19H,2,6,9H2,1H3. The van der Waals surface area contributed by atoms with Crippen molar-refractivity contribution in [2.45, 2.75) is 19.9 Å². The molecule has 0 bridgehead atoms. The van der Waals surface area contributed by atoms with E-state index in [9.17, 15) is 0 Å². The Labute approximate surface area is 139 Å². The van der Waals surface area contributed by atoms with Crippen LogP contribution in [0.4, 0.5) is 0 Å². The Morgan fingerprint density at radius 1 is 1.10 bits per heavy atom. The molecule has 2 rings (SSSR count). The van der Waals surface area contributed by atoms with E-state index in [1.807, 2.05) is 12.1 Å². The molecular formula is C15H15Cl3N2O. The predicted octanol–water partition coefficient (Wildman–Crippen LogP) is 5.33. The van der Waals surface area contributed by atoms with Crippen molar-refractivity contribution >= 4 is 34.8 Å². The second-order valence-electron chi connectivity index (χ2n) is 4.44. The van der Waals surface area contributed by atoms with Gasteiger partial charge in [-0.1, -0.05) is 47.8 Å². The second-order valence-corrected chi connectivity index (χ2v) is 5.66. The highest BCUT2D eigenvalue weighted by Crippen LogP contribution is 2.35. The summed E-state index contributed by atoms with van der Waals surface area (Å²) in [5, 5.41) is 4.45. The van der Waals surface area contributed by atoms with Crippen LogP contribution < -0.4 is 10.1 Å². The van der Waals surface area contributed by atoms with E-state index in [-0.39, 0.29) is 0 Å². The summed E-state index contributed by atoms with van der Waals surface area (Å²) in [6.45, 7) is 3.76. The summed E-state index contributed by atoms with van der Waals surface area (Å²) in [5.74, 6) is 0.892. The van der Waals surface area contributed by atoms with E-state index in [4.69, 9.17) is 39.5 Å². The smallest absolute Gasteiger partial charge is 0.219 e. The van der Waals surface area contributed by atoms with Gasteiger partial charge in [-0.15, -0.1) is 0 Å². The predicted molar refractivity (Wildman–Crippen MR) is 87.8 cm³/mol. The Kier molecular flexibility index (Phi) is 6.12. The molecule has 1 heterocycles. The van der Waals surface area contributed by atoms with E-state index in [2.05, 4.69) is 17.2 Å². The molecule has 0 unspecified atom stereocenters. The maximum atomic E-state index is 6.09. The molecule has 0 atom stereocenters. The van der Waals surface area contributed by atoms with Crippen LogP contribution in [0.5, 0.6) is 11.6 Å². The molecule has 112 valence electrons. The Morgan fingerprint density at radius 2 is 1.86 bits per heavy atom. The van der Waals surface area contributed by atoms with Gasteiger partial charge in [-0.05, 0) is 25.1 Å². The van der Waals surface area contributed by atoms with Gasteiger partial charge in [-0.25, -0.2) is 4.98 Å². The van der Waals surface area contributed by atoms with Gasteiger partial charge < -0.3 is 10.1 Å². The minimum atomic E-state index is 0.386. The number of nitrogens with zero attached hydrogens (tertiary/aromatic N) is 1. The molecule has 0 radical (unpaired) electrons. The Balaban J connectivity index is 2.12.